The average Bonchev–Trinajstić information content (AvgIpc) is 3.47. The fraction of sp³-hybridized carbons (Fsp3) is 0.391. The van der Waals surface area contributed by atoms with E-state index < -0.39 is 0 Å². The molecule has 166 valence electrons. The summed E-state index contributed by atoms with van der Waals surface area (Å²) in [5.41, 5.74) is 2.03. The second-order valence-corrected chi connectivity index (χ2v) is 7.71. The van der Waals surface area contributed by atoms with Crippen molar-refractivity contribution < 1.29 is 13.9 Å². The van der Waals surface area contributed by atoms with E-state index in [1.54, 1.807) is 24.7 Å². The summed E-state index contributed by atoms with van der Waals surface area (Å²) < 4.78 is 16.6. The molecular weight excluding hydrogens is 412 g/mol. The maximum absolute atomic E-state index is 5.66. The smallest absolute Gasteiger partial charge is 0.236 e. The zero-order valence-corrected chi connectivity index (χ0v) is 19.1. The van der Waals surface area contributed by atoms with Crippen LogP contribution in [0.1, 0.15) is 31.5 Å². The number of methoxy groups -OCH3 is 1. The van der Waals surface area contributed by atoms with Gasteiger partial charge in [0.25, 0.3) is 0 Å². The van der Waals surface area contributed by atoms with Crippen LogP contribution in [-0.4, -0.2) is 37.7 Å². The molecule has 0 aliphatic heterocycles. The number of aliphatic imine (C=N–C) groups is 1. The number of ether oxygens (including phenoxy) is 2. The number of hydrogen-bond donors (Lipinski definition) is 2. The highest BCUT2D eigenvalue weighted by Gasteiger charge is 2.08. The SMILES string of the molecule is CCNC(=NCc1coc(-c2cccs2)n1)NCCCc1ccc(OC)c(OCC)c1. The van der Waals surface area contributed by atoms with Crippen LogP contribution in [0.4, 0.5) is 0 Å². The number of benzene rings is 1. The minimum Gasteiger partial charge on any atom is -0.493 e. The molecule has 0 saturated carbocycles. The molecular formula is C23H30N4O3S. The Kier molecular flexibility index (Phi) is 8.78. The van der Waals surface area contributed by atoms with Crippen molar-refractivity contribution in [1.82, 2.24) is 15.6 Å². The van der Waals surface area contributed by atoms with Gasteiger partial charge < -0.3 is 24.5 Å². The first-order valence-corrected chi connectivity index (χ1v) is 11.4. The lowest BCUT2D eigenvalue weighted by Crippen LogP contribution is -2.37. The molecule has 0 aliphatic rings. The predicted octanol–water partition coefficient (Wildman–Crippen LogP) is 4.50. The number of nitrogens with zero attached hydrogens (tertiary/aromatic N) is 2. The molecule has 2 heterocycles. The average molecular weight is 443 g/mol. The van der Waals surface area contributed by atoms with Crippen molar-refractivity contribution in [2.24, 2.45) is 4.99 Å². The lowest BCUT2D eigenvalue weighted by atomic mass is 10.1. The third-order valence-electron chi connectivity index (χ3n) is 4.49. The Balaban J connectivity index is 1.49. The van der Waals surface area contributed by atoms with Crippen LogP contribution in [0, 0.1) is 0 Å². The van der Waals surface area contributed by atoms with E-state index in [0.29, 0.717) is 19.0 Å². The quantitative estimate of drug-likeness (QED) is 0.259. The van der Waals surface area contributed by atoms with Crippen LogP contribution in [0.15, 0.2) is 51.4 Å². The molecule has 0 bridgehead atoms. The summed E-state index contributed by atoms with van der Waals surface area (Å²) in [5.74, 6) is 2.97. The molecule has 0 amide bonds. The van der Waals surface area contributed by atoms with Crippen molar-refractivity contribution >= 4 is 17.3 Å². The molecule has 8 heteroatoms. The van der Waals surface area contributed by atoms with Crippen LogP contribution < -0.4 is 20.1 Å². The number of nitrogens with one attached hydrogen (secondary N) is 2. The van der Waals surface area contributed by atoms with Gasteiger partial charge >= 0.3 is 0 Å². The van der Waals surface area contributed by atoms with E-state index in [-0.39, 0.29) is 0 Å². The maximum atomic E-state index is 5.66. The molecule has 0 unspecified atom stereocenters. The van der Waals surface area contributed by atoms with Crippen molar-refractivity contribution in [3.8, 4) is 22.3 Å². The van der Waals surface area contributed by atoms with Crippen molar-refractivity contribution in [2.45, 2.75) is 33.2 Å². The van der Waals surface area contributed by atoms with Crippen molar-refractivity contribution in [3.63, 3.8) is 0 Å². The van der Waals surface area contributed by atoms with E-state index >= 15 is 0 Å². The third-order valence-corrected chi connectivity index (χ3v) is 5.35. The summed E-state index contributed by atoms with van der Waals surface area (Å²) in [6.07, 6.45) is 3.57. The lowest BCUT2D eigenvalue weighted by molar-refractivity contribution is 0.310. The van der Waals surface area contributed by atoms with Gasteiger partial charge in [0.15, 0.2) is 17.5 Å². The number of aryl methyl sites for hydroxylation is 1. The molecule has 3 aromatic rings. The molecule has 2 N–H and O–H groups in total. The highest BCUT2D eigenvalue weighted by atomic mass is 32.1. The lowest BCUT2D eigenvalue weighted by Gasteiger charge is -2.12. The zero-order valence-electron chi connectivity index (χ0n) is 18.3. The third kappa shape index (κ3) is 6.75. The van der Waals surface area contributed by atoms with Gasteiger partial charge in [-0.05, 0) is 55.8 Å². The fourth-order valence-corrected chi connectivity index (χ4v) is 3.69. The van der Waals surface area contributed by atoms with E-state index in [9.17, 15) is 0 Å². The molecule has 0 fully saturated rings. The molecule has 3 rings (SSSR count). The van der Waals surface area contributed by atoms with Gasteiger partial charge in [0, 0.05) is 13.1 Å². The zero-order chi connectivity index (χ0) is 21.9. The Morgan fingerprint density at radius 2 is 2.10 bits per heavy atom. The van der Waals surface area contributed by atoms with Gasteiger partial charge in [0.2, 0.25) is 5.89 Å². The number of rotatable bonds is 11. The second kappa shape index (κ2) is 12.0. The van der Waals surface area contributed by atoms with Gasteiger partial charge in [0.1, 0.15) is 12.0 Å². The van der Waals surface area contributed by atoms with Crippen LogP contribution in [0.2, 0.25) is 0 Å². The Hall–Kier alpha value is -3.00. The summed E-state index contributed by atoms with van der Waals surface area (Å²) in [6, 6.07) is 10.1. The first-order valence-electron chi connectivity index (χ1n) is 10.5. The Labute approximate surface area is 187 Å². The van der Waals surface area contributed by atoms with Crippen LogP contribution in [0.25, 0.3) is 10.8 Å². The molecule has 0 radical (unpaired) electrons. The minimum absolute atomic E-state index is 0.459. The van der Waals surface area contributed by atoms with Crippen molar-refractivity contribution in [1.29, 1.82) is 0 Å². The van der Waals surface area contributed by atoms with Crippen LogP contribution in [0.5, 0.6) is 11.5 Å². The highest BCUT2D eigenvalue weighted by molar-refractivity contribution is 7.13. The van der Waals surface area contributed by atoms with Crippen LogP contribution in [-0.2, 0) is 13.0 Å². The van der Waals surface area contributed by atoms with E-state index in [0.717, 1.165) is 54.0 Å². The van der Waals surface area contributed by atoms with Gasteiger partial charge in [-0.15, -0.1) is 11.3 Å². The Morgan fingerprint density at radius 3 is 2.84 bits per heavy atom. The van der Waals surface area contributed by atoms with E-state index in [2.05, 4.69) is 39.7 Å². The summed E-state index contributed by atoms with van der Waals surface area (Å²) in [5, 5.41) is 8.67. The van der Waals surface area contributed by atoms with Gasteiger partial charge in [-0.25, -0.2) is 9.98 Å². The number of aromatic nitrogens is 1. The fourth-order valence-electron chi connectivity index (χ4n) is 3.04. The van der Waals surface area contributed by atoms with Gasteiger partial charge in [-0.2, -0.15) is 0 Å². The molecule has 7 nitrogen and oxygen atoms in total. The van der Waals surface area contributed by atoms with Gasteiger partial charge in [-0.1, -0.05) is 12.1 Å². The van der Waals surface area contributed by atoms with E-state index in [1.807, 2.05) is 30.5 Å². The number of oxazole rings is 1. The molecule has 0 saturated heterocycles. The number of guanidine groups is 1. The highest BCUT2D eigenvalue weighted by Crippen LogP contribution is 2.28. The maximum Gasteiger partial charge on any atom is 0.236 e. The van der Waals surface area contributed by atoms with E-state index in [1.165, 1.54) is 5.56 Å². The summed E-state index contributed by atoms with van der Waals surface area (Å²) in [7, 11) is 1.66. The summed E-state index contributed by atoms with van der Waals surface area (Å²) >= 11 is 1.61. The molecule has 0 atom stereocenters. The number of thiophene rings is 1. The van der Waals surface area contributed by atoms with Crippen molar-refractivity contribution in [3.05, 3.63) is 53.2 Å². The van der Waals surface area contributed by atoms with Gasteiger partial charge in [-0.3, -0.25) is 0 Å². The van der Waals surface area contributed by atoms with E-state index in [4.69, 9.17) is 13.9 Å². The number of hydrogen-bond acceptors (Lipinski definition) is 6. The normalized spacial score (nSPS) is 11.4. The molecule has 0 aliphatic carbocycles. The first kappa shape index (κ1) is 22.7. The van der Waals surface area contributed by atoms with Gasteiger partial charge in [0.05, 0.1) is 25.1 Å². The monoisotopic (exact) mass is 442 g/mol. The molecule has 1 aromatic carbocycles. The van der Waals surface area contributed by atoms with Crippen molar-refractivity contribution in [2.75, 3.05) is 26.8 Å². The Morgan fingerprint density at radius 1 is 1.19 bits per heavy atom. The second-order valence-electron chi connectivity index (χ2n) is 6.77. The predicted molar refractivity (Wildman–Crippen MR) is 125 cm³/mol. The first-order chi connectivity index (χ1) is 15.2. The topological polar surface area (TPSA) is 80.9 Å². The Bertz CT molecular complexity index is 954. The standard InChI is InChI=1S/C23H30N4O3S/c1-4-24-23(26-15-18-16-30-22(27-18)21-9-7-13-31-21)25-12-6-8-17-10-11-19(28-3)20(14-17)29-5-2/h7,9-11,13-14,16H,4-6,8,12,15H2,1-3H3,(H2,24,25,26). The van der Waals surface area contributed by atoms with Crippen LogP contribution in [0.3, 0.4) is 0 Å². The largest absolute Gasteiger partial charge is 0.493 e. The summed E-state index contributed by atoms with van der Waals surface area (Å²) in [4.78, 5) is 10.2. The molecule has 0 spiro atoms. The molecule has 2 aromatic heterocycles. The summed E-state index contributed by atoms with van der Waals surface area (Å²) in [6.45, 7) is 6.70. The molecule has 31 heavy (non-hydrogen) atoms. The van der Waals surface area contributed by atoms with Crippen LogP contribution >= 0.6 is 11.3 Å². The minimum atomic E-state index is 0.459.